The lowest BCUT2D eigenvalue weighted by Crippen LogP contribution is -2.39. The van der Waals surface area contributed by atoms with Gasteiger partial charge in [0.05, 0.1) is 6.42 Å². The van der Waals surface area contributed by atoms with E-state index >= 15 is 0 Å². The number of likely N-dealkylation sites (tertiary alicyclic amines) is 1. The summed E-state index contributed by atoms with van der Waals surface area (Å²) in [5.74, 6) is -0.663. The molecule has 1 aliphatic heterocycles. The second kappa shape index (κ2) is 6.53. The quantitative estimate of drug-likeness (QED) is 0.785. The van der Waals surface area contributed by atoms with E-state index in [0.29, 0.717) is 18.5 Å². The topological polar surface area (TPSA) is 43.8 Å². The summed E-state index contributed by atoms with van der Waals surface area (Å²) in [7, 11) is 0. The van der Waals surface area contributed by atoms with Crippen molar-refractivity contribution in [1.82, 2.24) is 9.80 Å². The van der Waals surface area contributed by atoms with Crippen molar-refractivity contribution in [2.24, 2.45) is 0 Å². The van der Waals surface area contributed by atoms with Crippen LogP contribution < -0.4 is 0 Å². The van der Waals surface area contributed by atoms with E-state index < -0.39 is 5.97 Å². The lowest BCUT2D eigenvalue weighted by molar-refractivity contribution is -0.137. The molecular weight excluding hydrogens is 228 g/mol. The lowest BCUT2D eigenvalue weighted by atomic mass is 10.1. The zero-order valence-corrected chi connectivity index (χ0v) is 11.5. The summed E-state index contributed by atoms with van der Waals surface area (Å²) in [5.41, 5.74) is 0. The molecule has 1 saturated carbocycles. The summed E-state index contributed by atoms with van der Waals surface area (Å²) in [6.07, 6.45) is 6.55. The summed E-state index contributed by atoms with van der Waals surface area (Å²) in [4.78, 5) is 15.8. The Morgan fingerprint density at radius 3 is 2.56 bits per heavy atom. The lowest BCUT2D eigenvalue weighted by Gasteiger charge is -2.30. The van der Waals surface area contributed by atoms with E-state index in [9.17, 15) is 4.79 Å². The van der Waals surface area contributed by atoms with Gasteiger partial charge in [0.2, 0.25) is 0 Å². The molecule has 0 aromatic carbocycles. The zero-order chi connectivity index (χ0) is 13.0. The zero-order valence-electron chi connectivity index (χ0n) is 11.5. The van der Waals surface area contributed by atoms with Crippen LogP contribution in [0.2, 0.25) is 0 Å². The Balaban J connectivity index is 1.87. The van der Waals surface area contributed by atoms with Crippen molar-refractivity contribution in [2.45, 2.75) is 57.5 Å². The van der Waals surface area contributed by atoms with Crippen LogP contribution in [-0.2, 0) is 4.79 Å². The van der Waals surface area contributed by atoms with Crippen LogP contribution >= 0.6 is 0 Å². The minimum atomic E-state index is -0.663. The van der Waals surface area contributed by atoms with Gasteiger partial charge in [-0.25, -0.2) is 0 Å². The Hall–Kier alpha value is -0.610. The summed E-state index contributed by atoms with van der Waals surface area (Å²) >= 11 is 0. The highest BCUT2D eigenvalue weighted by Gasteiger charge is 2.34. The molecule has 0 bridgehead atoms. The van der Waals surface area contributed by atoms with Gasteiger partial charge in [0.1, 0.15) is 0 Å². The van der Waals surface area contributed by atoms with E-state index in [-0.39, 0.29) is 0 Å². The first kappa shape index (κ1) is 13.8. The molecule has 0 spiro atoms. The molecule has 4 heteroatoms. The van der Waals surface area contributed by atoms with Gasteiger partial charge in [0.15, 0.2) is 0 Å². The first-order valence-corrected chi connectivity index (χ1v) is 7.40. The highest BCUT2D eigenvalue weighted by molar-refractivity contribution is 5.66. The fourth-order valence-electron chi connectivity index (χ4n) is 3.08. The van der Waals surface area contributed by atoms with Crippen LogP contribution in [0, 0.1) is 0 Å². The van der Waals surface area contributed by atoms with E-state index in [1.807, 2.05) is 0 Å². The minimum Gasteiger partial charge on any atom is -0.481 e. The van der Waals surface area contributed by atoms with Gasteiger partial charge >= 0.3 is 5.97 Å². The highest BCUT2D eigenvalue weighted by atomic mass is 16.4. The normalized spacial score (nSPS) is 26.2. The summed E-state index contributed by atoms with van der Waals surface area (Å²) in [6, 6.07) is 1.30. The number of hydrogen-bond acceptors (Lipinski definition) is 3. The molecule has 104 valence electrons. The molecule has 1 saturated heterocycles. The number of carbonyl (C=O) groups is 1. The molecule has 1 aliphatic carbocycles. The van der Waals surface area contributed by atoms with Crippen molar-refractivity contribution in [3.8, 4) is 0 Å². The first-order valence-electron chi connectivity index (χ1n) is 7.40. The molecule has 1 unspecified atom stereocenters. The third kappa shape index (κ3) is 3.95. The van der Waals surface area contributed by atoms with Gasteiger partial charge in [0.25, 0.3) is 0 Å². The fourth-order valence-corrected chi connectivity index (χ4v) is 3.08. The van der Waals surface area contributed by atoms with Gasteiger partial charge in [-0.1, -0.05) is 6.92 Å². The highest BCUT2D eigenvalue weighted by Crippen LogP contribution is 2.31. The van der Waals surface area contributed by atoms with Gasteiger partial charge in [-0.15, -0.1) is 0 Å². The van der Waals surface area contributed by atoms with Crippen molar-refractivity contribution < 1.29 is 9.90 Å². The van der Waals surface area contributed by atoms with Crippen LogP contribution in [0.5, 0.6) is 0 Å². The van der Waals surface area contributed by atoms with Crippen LogP contribution in [0.3, 0.4) is 0 Å². The van der Waals surface area contributed by atoms with Crippen molar-refractivity contribution >= 4 is 5.97 Å². The van der Waals surface area contributed by atoms with Crippen molar-refractivity contribution in [2.75, 3.05) is 26.2 Å². The van der Waals surface area contributed by atoms with E-state index in [1.165, 1.54) is 45.2 Å². The predicted molar refractivity (Wildman–Crippen MR) is 71.7 cm³/mol. The number of carboxylic acid groups (broad SMARTS) is 1. The molecule has 18 heavy (non-hydrogen) atoms. The molecule has 1 N–H and O–H groups in total. The van der Waals surface area contributed by atoms with E-state index in [0.717, 1.165) is 13.1 Å². The molecule has 4 nitrogen and oxygen atoms in total. The molecule has 0 radical (unpaired) electrons. The molecule has 1 heterocycles. The standard InChI is InChI=1S/C14H26N2O2/c1-2-15-9-3-4-12(7-10-15)16(13-5-6-13)11-8-14(17)18/h12-13H,2-11H2,1H3,(H,17,18). The SMILES string of the molecule is CCN1CCCC(N(CCC(=O)O)C2CC2)CC1. The summed E-state index contributed by atoms with van der Waals surface area (Å²) in [6.45, 7) is 6.51. The first-order chi connectivity index (χ1) is 8.70. The average molecular weight is 254 g/mol. The van der Waals surface area contributed by atoms with Gasteiger partial charge in [0, 0.05) is 18.6 Å². The number of rotatable bonds is 6. The van der Waals surface area contributed by atoms with Crippen LogP contribution in [0.4, 0.5) is 0 Å². The fraction of sp³-hybridized carbons (Fsp3) is 0.929. The summed E-state index contributed by atoms with van der Waals surface area (Å²) in [5, 5.41) is 8.86. The van der Waals surface area contributed by atoms with E-state index in [4.69, 9.17) is 5.11 Å². The maximum atomic E-state index is 10.8. The average Bonchev–Trinajstić information content (AvgIpc) is 3.15. The number of aliphatic carboxylic acids is 1. The van der Waals surface area contributed by atoms with Gasteiger partial charge in [-0.2, -0.15) is 0 Å². The van der Waals surface area contributed by atoms with Crippen molar-refractivity contribution in [1.29, 1.82) is 0 Å². The maximum absolute atomic E-state index is 10.8. The van der Waals surface area contributed by atoms with E-state index in [1.54, 1.807) is 0 Å². The van der Waals surface area contributed by atoms with Gasteiger partial charge < -0.3 is 10.0 Å². The molecule has 0 aromatic rings. The predicted octanol–water partition coefficient (Wildman–Crippen LogP) is 1.80. The van der Waals surface area contributed by atoms with Crippen molar-refractivity contribution in [3.05, 3.63) is 0 Å². The Kier molecular flexibility index (Phi) is 5.01. The minimum absolute atomic E-state index is 0.296. The number of hydrogen-bond donors (Lipinski definition) is 1. The Bertz CT molecular complexity index is 279. The van der Waals surface area contributed by atoms with Crippen molar-refractivity contribution in [3.63, 3.8) is 0 Å². The van der Waals surface area contributed by atoms with Gasteiger partial charge in [-0.3, -0.25) is 9.69 Å². The monoisotopic (exact) mass is 254 g/mol. The molecule has 2 aliphatic rings. The molecule has 1 atom stereocenters. The van der Waals surface area contributed by atoms with Crippen LogP contribution in [-0.4, -0.2) is 59.1 Å². The Labute approximate surface area is 110 Å². The molecule has 0 amide bonds. The Morgan fingerprint density at radius 1 is 1.22 bits per heavy atom. The smallest absolute Gasteiger partial charge is 0.304 e. The second-order valence-corrected chi connectivity index (χ2v) is 5.63. The van der Waals surface area contributed by atoms with Crippen LogP contribution in [0.25, 0.3) is 0 Å². The molecule has 2 fully saturated rings. The third-order valence-electron chi connectivity index (χ3n) is 4.31. The third-order valence-corrected chi connectivity index (χ3v) is 4.31. The largest absolute Gasteiger partial charge is 0.481 e. The molecule has 0 aromatic heterocycles. The second-order valence-electron chi connectivity index (χ2n) is 5.63. The number of nitrogens with zero attached hydrogens (tertiary/aromatic N) is 2. The van der Waals surface area contributed by atoms with E-state index in [2.05, 4.69) is 16.7 Å². The number of carboxylic acids is 1. The molecular formula is C14H26N2O2. The Morgan fingerprint density at radius 2 is 1.94 bits per heavy atom. The maximum Gasteiger partial charge on any atom is 0.304 e. The van der Waals surface area contributed by atoms with Crippen LogP contribution in [0.15, 0.2) is 0 Å². The van der Waals surface area contributed by atoms with Crippen LogP contribution in [0.1, 0.15) is 45.4 Å². The summed E-state index contributed by atoms with van der Waals surface area (Å²) < 4.78 is 0. The van der Waals surface area contributed by atoms with Gasteiger partial charge in [-0.05, 0) is 51.7 Å². The molecule has 2 rings (SSSR count).